The van der Waals surface area contributed by atoms with E-state index in [1.165, 1.54) is 6.07 Å². The lowest BCUT2D eigenvalue weighted by atomic mass is 9.92. The van der Waals surface area contributed by atoms with Gasteiger partial charge in [-0.15, -0.1) is 0 Å². The van der Waals surface area contributed by atoms with E-state index in [4.69, 9.17) is 5.73 Å². The summed E-state index contributed by atoms with van der Waals surface area (Å²) in [6.07, 6.45) is -1.15. The van der Waals surface area contributed by atoms with Gasteiger partial charge in [0.05, 0.1) is 5.69 Å². The highest BCUT2D eigenvalue weighted by Crippen LogP contribution is 2.31. The van der Waals surface area contributed by atoms with Gasteiger partial charge in [0, 0.05) is 11.6 Å². The summed E-state index contributed by atoms with van der Waals surface area (Å²) in [5.41, 5.74) is 6.49. The van der Waals surface area contributed by atoms with Gasteiger partial charge in [0.1, 0.15) is 5.82 Å². The molecule has 0 radical (unpaired) electrons. The number of halogens is 3. The zero-order chi connectivity index (χ0) is 14.5. The smallest absolute Gasteiger partial charge is 0.270 e. The summed E-state index contributed by atoms with van der Waals surface area (Å²) in [6, 6.07) is 1.37. The van der Waals surface area contributed by atoms with Crippen LogP contribution in [0.3, 0.4) is 0 Å². The van der Waals surface area contributed by atoms with Gasteiger partial charge in [-0.3, -0.25) is 0 Å². The minimum absolute atomic E-state index is 0.00221. The zero-order valence-corrected chi connectivity index (χ0v) is 11.4. The van der Waals surface area contributed by atoms with Crippen LogP contribution < -0.4 is 5.73 Å². The summed E-state index contributed by atoms with van der Waals surface area (Å²) in [7, 11) is 0. The van der Waals surface area contributed by atoms with Gasteiger partial charge in [0.25, 0.3) is 6.08 Å². The van der Waals surface area contributed by atoms with E-state index < -0.39 is 11.9 Å². The first-order chi connectivity index (χ1) is 8.34. The molecule has 1 aromatic rings. The number of anilines is 1. The van der Waals surface area contributed by atoms with Crippen molar-refractivity contribution in [2.75, 3.05) is 5.73 Å². The van der Waals surface area contributed by atoms with E-state index in [-0.39, 0.29) is 22.7 Å². The van der Waals surface area contributed by atoms with E-state index in [2.05, 4.69) is 0 Å². The summed E-state index contributed by atoms with van der Waals surface area (Å²) < 4.78 is 38.3. The van der Waals surface area contributed by atoms with Crippen molar-refractivity contribution in [2.45, 2.75) is 40.5 Å². The van der Waals surface area contributed by atoms with Crippen molar-refractivity contribution in [3.8, 4) is 0 Å². The summed E-state index contributed by atoms with van der Waals surface area (Å²) >= 11 is 0. The van der Waals surface area contributed by atoms with Crippen molar-refractivity contribution in [2.24, 2.45) is 0 Å². The quantitative estimate of drug-likeness (QED) is 0.734. The minimum atomic E-state index is -1.84. The lowest BCUT2D eigenvalue weighted by Crippen LogP contribution is -2.04. The Morgan fingerprint density at radius 1 is 1.28 bits per heavy atom. The van der Waals surface area contributed by atoms with Crippen molar-refractivity contribution in [3.05, 3.63) is 34.7 Å². The molecular formula is C14H20F3N. The average molecular weight is 259 g/mol. The van der Waals surface area contributed by atoms with Crippen molar-refractivity contribution in [3.63, 3.8) is 0 Å². The van der Waals surface area contributed by atoms with Gasteiger partial charge in [-0.25, -0.2) is 4.39 Å². The maximum Gasteiger partial charge on any atom is 0.270 e. The molecule has 0 bridgehead atoms. The zero-order valence-electron chi connectivity index (χ0n) is 11.4. The van der Waals surface area contributed by atoms with Crippen LogP contribution in [0.4, 0.5) is 18.9 Å². The molecule has 0 aliphatic rings. The van der Waals surface area contributed by atoms with E-state index in [0.717, 1.165) is 0 Å². The van der Waals surface area contributed by atoms with Crippen LogP contribution in [-0.4, -0.2) is 0 Å². The second-order valence-electron chi connectivity index (χ2n) is 4.01. The molecule has 0 heterocycles. The number of rotatable bonds is 2. The van der Waals surface area contributed by atoms with Crippen LogP contribution in [0.15, 0.2) is 12.1 Å². The monoisotopic (exact) mass is 259 g/mol. The highest BCUT2D eigenvalue weighted by atomic mass is 19.3. The van der Waals surface area contributed by atoms with Gasteiger partial charge in [-0.2, -0.15) is 8.78 Å². The third-order valence-corrected chi connectivity index (χ3v) is 2.41. The van der Waals surface area contributed by atoms with E-state index in [1.807, 2.05) is 13.8 Å². The minimum Gasteiger partial charge on any atom is -0.396 e. The lowest BCUT2D eigenvalue weighted by molar-refractivity contribution is 0.429. The van der Waals surface area contributed by atoms with E-state index in [0.29, 0.717) is 11.6 Å². The molecule has 1 rings (SSSR count). The summed E-state index contributed by atoms with van der Waals surface area (Å²) in [4.78, 5) is 0. The largest absolute Gasteiger partial charge is 0.396 e. The molecule has 0 saturated heterocycles. The van der Waals surface area contributed by atoms with Gasteiger partial charge in [0.2, 0.25) is 0 Å². The molecule has 0 aliphatic heterocycles. The van der Waals surface area contributed by atoms with Crippen LogP contribution in [0.2, 0.25) is 0 Å². The maximum atomic E-state index is 13.7. The van der Waals surface area contributed by atoms with Crippen LogP contribution in [0.25, 0.3) is 6.08 Å². The fraction of sp³-hybridized carbons (Fsp3) is 0.429. The molecule has 0 unspecified atom stereocenters. The van der Waals surface area contributed by atoms with Gasteiger partial charge in [-0.05, 0) is 30.0 Å². The Hall–Kier alpha value is -1.45. The number of aryl methyl sites for hydroxylation is 1. The second-order valence-corrected chi connectivity index (χ2v) is 4.01. The molecule has 1 aromatic carbocycles. The Balaban J connectivity index is 0.00000137. The molecule has 0 saturated carbocycles. The first-order valence-electron chi connectivity index (χ1n) is 5.95. The molecule has 2 N–H and O–H groups in total. The fourth-order valence-electron chi connectivity index (χ4n) is 1.73. The third-order valence-electron chi connectivity index (χ3n) is 2.41. The molecule has 0 spiro atoms. The van der Waals surface area contributed by atoms with Crippen molar-refractivity contribution >= 4 is 11.8 Å². The van der Waals surface area contributed by atoms with Crippen LogP contribution >= 0.6 is 0 Å². The first-order valence-corrected chi connectivity index (χ1v) is 5.95. The van der Waals surface area contributed by atoms with Gasteiger partial charge < -0.3 is 5.73 Å². The number of benzene rings is 1. The normalized spacial score (nSPS) is 9.83. The topological polar surface area (TPSA) is 26.0 Å². The number of hydrogen-bond acceptors (Lipinski definition) is 1. The van der Waals surface area contributed by atoms with E-state index >= 15 is 0 Å². The average Bonchev–Trinajstić information content (AvgIpc) is 2.27. The standard InChI is InChI=1S/C12H14F3N.C2H6/c1-6(2)11-8(5-10(13)14)7(3)4-9(16)12(11)15;1-2/h4-6H,16H2,1-3H3;1-2H3. The molecule has 0 aromatic heterocycles. The molecule has 1 nitrogen and oxygen atoms in total. The van der Waals surface area contributed by atoms with Gasteiger partial charge in [-0.1, -0.05) is 27.7 Å². The van der Waals surface area contributed by atoms with Crippen LogP contribution in [0.5, 0.6) is 0 Å². The Bertz CT molecular complexity index is 433. The second kappa shape index (κ2) is 7.09. The van der Waals surface area contributed by atoms with E-state index in [9.17, 15) is 13.2 Å². The summed E-state index contributed by atoms with van der Waals surface area (Å²) in [5.74, 6) is -0.805. The predicted octanol–water partition coefficient (Wildman–Crippen LogP) is 5.10. The van der Waals surface area contributed by atoms with Gasteiger partial charge in [0.15, 0.2) is 0 Å². The highest BCUT2D eigenvalue weighted by Gasteiger charge is 2.17. The number of nitrogens with two attached hydrogens (primary N) is 1. The highest BCUT2D eigenvalue weighted by molar-refractivity contribution is 5.64. The SMILES string of the molecule is CC.Cc1cc(N)c(F)c(C(C)C)c1C=C(F)F. The Kier molecular flexibility index (Phi) is 6.52. The number of nitrogen functional groups attached to an aromatic ring is 1. The summed E-state index contributed by atoms with van der Waals surface area (Å²) in [6.45, 7) is 9.12. The van der Waals surface area contributed by atoms with Crippen molar-refractivity contribution < 1.29 is 13.2 Å². The molecule has 0 fully saturated rings. The molecule has 0 aliphatic carbocycles. The Morgan fingerprint density at radius 2 is 1.78 bits per heavy atom. The lowest BCUT2D eigenvalue weighted by Gasteiger charge is -2.15. The van der Waals surface area contributed by atoms with Crippen molar-refractivity contribution in [1.29, 1.82) is 0 Å². The van der Waals surface area contributed by atoms with Crippen LogP contribution in [0, 0.1) is 12.7 Å². The third kappa shape index (κ3) is 3.79. The molecule has 0 amide bonds. The van der Waals surface area contributed by atoms with Gasteiger partial charge >= 0.3 is 0 Å². The van der Waals surface area contributed by atoms with Crippen LogP contribution in [0.1, 0.15) is 50.3 Å². The fourth-order valence-corrected chi connectivity index (χ4v) is 1.73. The molecule has 102 valence electrons. The Morgan fingerprint density at radius 3 is 2.17 bits per heavy atom. The molecule has 18 heavy (non-hydrogen) atoms. The van der Waals surface area contributed by atoms with E-state index in [1.54, 1.807) is 20.8 Å². The molecule has 4 heteroatoms. The van der Waals surface area contributed by atoms with Crippen LogP contribution in [-0.2, 0) is 0 Å². The number of hydrogen-bond donors (Lipinski definition) is 1. The predicted molar refractivity (Wildman–Crippen MR) is 71.2 cm³/mol. The Labute approximate surface area is 107 Å². The maximum absolute atomic E-state index is 13.7. The molecule has 0 atom stereocenters. The first kappa shape index (κ1) is 16.6. The summed E-state index contributed by atoms with van der Waals surface area (Å²) in [5, 5.41) is 0. The van der Waals surface area contributed by atoms with Crippen molar-refractivity contribution in [1.82, 2.24) is 0 Å². The molecular weight excluding hydrogens is 239 g/mol.